The van der Waals surface area contributed by atoms with Gasteiger partial charge in [0.2, 0.25) is 0 Å². The minimum absolute atomic E-state index is 0.0796. The summed E-state index contributed by atoms with van der Waals surface area (Å²) in [4.78, 5) is 33.0. The second kappa shape index (κ2) is 11.2. The van der Waals surface area contributed by atoms with E-state index in [-0.39, 0.29) is 38.7 Å². The summed E-state index contributed by atoms with van der Waals surface area (Å²) in [6.07, 6.45) is -4.23. The molecule has 0 aliphatic rings. The number of nitrogens with two attached hydrogens (primary N) is 1. The third-order valence-corrected chi connectivity index (χ3v) is 3.73. The van der Waals surface area contributed by atoms with Crippen molar-refractivity contribution in [2.45, 2.75) is 76.2 Å². The van der Waals surface area contributed by atoms with E-state index in [0.29, 0.717) is 0 Å². The summed E-state index contributed by atoms with van der Waals surface area (Å²) in [5.41, 5.74) is 3.63. The van der Waals surface area contributed by atoms with Crippen LogP contribution in [0.15, 0.2) is 0 Å². The van der Waals surface area contributed by atoms with Crippen LogP contribution in [0.2, 0.25) is 0 Å². The molecule has 0 aliphatic carbocycles. The first kappa shape index (κ1) is 25.2. The predicted octanol–water partition coefficient (Wildman–Crippen LogP) is -0.116. The molecule has 0 spiro atoms. The number of carboxylic acids is 2. The zero-order valence-corrected chi connectivity index (χ0v) is 16.0. The number of hydrogen-bond donors (Lipinski definition) is 5. The number of carboxylic acid groups (broad SMARTS) is 2. The summed E-state index contributed by atoms with van der Waals surface area (Å²) in [7, 11) is 0. The summed E-state index contributed by atoms with van der Waals surface area (Å²) in [6.45, 7) is 4.67. The molecule has 158 valence electrons. The number of carbonyl (C=O) groups excluding carboxylic acids is 1. The highest BCUT2D eigenvalue weighted by molar-refractivity contribution is 5.70. The molecule has 2 atom stereocenters. The Morgan fingerprint density at radius 3 is 1.74 bits per heavy atom. The fraction of sp³-hybridized carbons (Fsp3) is 0.824. The third kappa shape index (κ3) is 10.9. The van der Waals surface area contributed by atoms with Gasteiger partial charge in [-0.2, -0.15) is 0 Å². The number of aliphatic hydroxyl groups is 2. The van der Waals surface area contributed by atoms with Gasteiger partial charge >= 0.3 is 17.9 Å². The van der Waals surface area contributed by atoms with Gasteiger partial charge in [0.25, 0.3) is 0 Å². The van der Waals surface area contributed by atoms with Crippen molar-refractivity contribution < 1.29 is 44.3 Å². The van der Waals surface area contributed by atoms with Gasteiger partial charge in [0.05, 0.1) is 37.4 Å². The molecular weight excluding hydrogens is 362 g/mol. The molecule has 0 aromatic carbocycles. The highest BCUT2D eigenvalue weighted by atomic mass is 16.6. The van der Waals surface area contributed by atoms with E-state index in [9.17, 15) is 24.6 Å². The largest absolute Gasteiger partial charge is 0.481 e. The minimum Gasteiger partial charge on any atom is -0.481 e. The molecule has 0 saturated heterocycles. The minimum atomic E-state index is -1.78. The SMILES string of the molecule is CC(C)(C)OC(=O)CCOCC(N)(C(O)CCC(=O)O)C(O)CCC(=O)O. The second-order valence-corrected chi connectivity index (χ2v) is 7.40. The normalized spacial score (nSPS) is 16.2. The lowest BCUT2D eigenvalue weighted by Gasteiger charge is -2.38. The van der Waals surface area contributed by atoms with Gasteiger partial charge in [-0.15, -0.1) is 0 Å². The Morgan fingerprint density at radius 1 is 0.926 bits per heavy atom. The topological polar surface area (TPSA) is 177 Å². The molecule has 10 nitrogen and oxygen atoms in total. The van der Waals surface area contributed by atoms with E-state index in [1.54, 1.807) is 20.8 Å². The van der Waals surface area contributed by atoms with E-state index in [0.717, 1.165) is 0 Å². The van der Waals surface area contributed by atoms with Crippen molar-refractivity contribution >= 4 is 17.9 Å². The zero-order valence-electron chi connectivity index (χ0n) is 16.0. The summed E-state index contributed by atoms with van der Waals surface area (Å²) in [6, 6.07) is 0. The lowest BCUT2D eigenvalue weighted by atomic mass is 9.83. The molecule has 0 aliphatic heterocycles. The lowest BCUT2D eigenvalue weighted by molar-refractivity contribution is -0.156. The lowest BCUT2D eigenvalue weighted by Crippen LogP contribution is -2.62. The molecule has 0 saturated carbocycles. The van der Waals surface area contributed by atoms with Crippen molar-refractivity contribution in [1.82, 2.24) is 0 Å². The number of aliphatic carboxylic acids is 2. The molecule has 0 aromatic rings. The Bertz CT molecular complexity index is 477. The standard InChI is InChI=1S/C17H31NO9/c1-16(2,3)27-15(25)8-9-26-10-17(18,11(19)4-6-13(21)22)12(20)5-7-14(23)24/h11-12,19-20H,4-10,18H2,1-3H3,(H,21,22)(H,23,24). The monoisotopic (exact) mass is 393 g/mol. The average Bonchev–Trinajstić information content (AvgIpc) is 2.52. The smallest absolute Gasteiger partial charge is 0.308 e. The van der Waals surface area contributed by atoms with Crippen LogP contribution in [-0.4, -0.2) is 74.9 Å². The van der Waals surface area contributed by atoms with E-state index in [2.05, 4.69) is 0 Å². The van der Waals surface area contributed by atoms with Crippen LogP contribution in [-0.2, 0) is 23.9 Å². The molecule has 0 rings (SSSR count). The number of carbonyl (C=O) groups is 3. The third-order valence-electron chi connectivity index (χ3n) is 3.73. The average molecular weight is 393 g/mol. The Kier molecular flexibility index (Phi) is 10.5. The van der Waals surface area contributed by atoms with Crippen LogP contribution in [0, 0.1) is 0 Å². The van der Waals surface area contributed by atoms with Crippen LogP contribution in [0.4, 0.5) is 0 Å². The Labute approximate surface area is 158 Å². The van der Waals surface area contributed by atoms with Crippen molar-refractivity contribution in [3.63, 3.8) is 0 Å². The van der Waals surface area contributed by atoms with Crippen LogP contribution in [0.25, 0.3) is 0 Å². The first-order valence-electron chi connectivity index (χ1n) is 8.66. The maximum Gasteiger partial charge on any atom is 0.308 e. The van der Waals surface area contributed by atoms with Crippen LogP contribution < -0.4 is 5.73 Å². The van der Waals surface area contributed by atoms with Gasteiger partial charge in [-0.3, -0.25) is 14.4 Å². The molecule has 0 fully saturated rings. The summed E-state index contributed by atoms with van der Waals surface area (Å²) in [5.74, 6) is -2.80. The van der Waals surface area contributed by atoms with Gasteiger partial charge in [-0.1, -0.05) is 0 Å². The maximum absolute atomic E-state index is 11.6. The van der Waals surface area contributed by atoms with Crippen LogP contribution in [0.3, 0.4) is 0 Å². The quantitative estimate of drug-likeness (QED) is 0.209. The molecule has 0 aromatic heterocycles. The molecule has 27 heavy (non-hydrogen) atoms. The van der Waals surface area contributed by atoms with Crippen LogP contribution >= 0.6 is 0 Å². The van der Waals surface area contributed by atoms with E-state index >= 15 is 0 Å². The first-order valence-corrected chi connectivity index (χ1v) is 8.66. The van der Waals surface area contributed by atoms with Crippen molar-refractivity contribution in [2.24, 2.45) is 5.73 Å². The van der Waals surface area contributed by atoms with Gasteiger partial charge in [0, 0.05) is 12.8 Å². The molecular formula is C17H31NO9. The highest BCUT2D eigenvalue weighted by Crippen LogP contribution is 2.22. The van der Waals surface area contributed by atoms with Gasteiger partial charge in [-0.25, -0.2) is 0 Å². The molecule has 6 N–H and O–H groups in total. The van der Waals surface area contributed by atoms with E-state index in [1.165, 1.54) is 0 Å². The van der Waals surface area contributed by atoms with Crippen molar-refractivity contribution in [3.8, 4) is 0 Å². The van der Waals surface area contributed by atoms with Gasteiger partial charge in [0.15, 0.2) is 0 Å². The van der Waals surface area contributed by atoms with E-state index in [1.807, 2.05) is 0 Å². The van der Waals surface area contributed by atoms with Crippen molar-refractivity contribution in [3.05, 3.63) is 0 Å². The zero-order chi connectivity index (χ0) is 21.3. The molecule has 0 heterocycles. The van der Waals surface area contributed by atoms with Crippen LogP contribution in [0.5, 0.6) is 0 Å². The fourth-order valence-electron chi connectivity index (χ4n) is 2.27. The van der Waals surface area contributed by atoms with Crippen molar-refractivity contribution in [1.29, 1.82) is 0 Å². The molecule has 0 bridgehead atoms. The number of rotatable bonds is 13. The van der Waals surface area contributed by atoms with Gasteiger partial charge in [0.1, 0.15) is 5.60 Å². The van der Waals surface area contributed by atoms with E-state index < -0.39 is 47.9 Å². The summed E-state index contributed by atoms with van der Waals surface area (Å²) < 4.78 is 10.4. The number of ether oxygens (including phenoxy) is 2. The Hall–Kier alpha value is -1.75. The fourth-order valence-corrected chi connectivity index (χ4v) is 2.27. The number of hydrogen-bond acceptors (Lipinski definition) is 8. The van der Waals surface area contributed by atoms with Crippen LogP contribution in [0.1, 0.15) is 52.9 Å². The predicted molar refractivity (Wildman–Crippen MR) is 94.0 cm³/mol. The number of esters is 1. The molecule has 10 heteroatoms. The summed E-state index contributed by atoms with van der Waals surface area (Å²) >= 11 is 0. The first-order chi connectivity index (χ1) is 12.3. The molecule has 0 radical (unpaired) electrons. The summed E-state index contributed by atoms with van der Waals surface area (Å²) in [5, 5.41) is 38.0. The van der Waals surface area contributed by atoms with Crippen molar-refractivity contribution in [2.75, 3.05) is 13.2 Å². The Morgan fingerprint density at radius 2 is 1.37 bits per heavy atom. The maximum atomic E-state index is 11.6. The van der Waals surface area contributed by atoms with Gasteiger partial charge in [-0.05, 0) is 33.6 Å². The number of aliphatic hydroxyl groups excluding tert-OH is 2. The van der Waals surface area contributed by atoms with Gasteiger partial charge < -0.3 is 35.6 Å². The van der Waals surface area contributed by atoms with E-state index in [4.69, 9.17) is 25.4 Å². The molecule has 2 unspecified atom stereocenters. The highest BCUT2D eigenvalue weighted by Gasteiger charge is 2.41. The second-order valence-electron chi connectivity index (χ2n) is 7.40. The Balaban J connectivity index is 4.80. The molecule has 0 amide bonds.